The summed E-state index contributed by atoms with van der Waals surface area (Å²) in [7, 11) is 0. The molecule has 2 saturated carbocycles. The van der Waals surface area contributed by atoms with Gasteiger partial charge in [0.25, 0.3) is 0 Å². The fraction of sp³-hybridized carbons (Fsp3) is 0.450. The van der Waals surface area contributed by atoms with Crippen molar-refractivity contribution in [2.75, 3.05) is 6.54 Å². The fourth-order valence-corrected chi connectivity index (χ4v) is 4.95. The molecule has 4 aliphatic rings. The maximum atomic E-state index is 13.1. The van der Waals surface area contributed by atoms with Gasteiger partial charge in [-0.2, -0.15) is 0 Å². The van der Waals surface area contributed by atoms with Crippen LogP contribution in [0.1, 0.15) is 24.8 Å². The average Bonchev–Trinajstić information content (AvgIpc) is 3.00. The van der Waals surface area contributed by atoms with Gasteiger partial charge in [0.1, 0.15) is 12.4 Å². The molecule has 3 amide bonds. The molecule has 0 spiro atoms. The highest BCUT2D eigenvalue weighted by molar-refractivity contribution is 6.08. The highest BCUT2D eigenvalue weighted by Gasteiger charge is 2.59. The molecule has 1 aromatic rings. The van der Waals surface area contributed by atoms with Crippen molar-refractivity contribution >= 4 is 17.7 Å². The second-order valence-corrected chi connectivity index (χ2v) is 7.90. The van der Waals surface area contributed by atoms with Gasteiger partial charge in [0.15, 0.2) is 0 Å². The molecule has 5 nitrogen and oxygen atoms in total. The van der Waals surface area contributed by atoms with Gasteiger partial charge in [-0.15, -0.1) is 0 Å². The van der Waals surface area contributed by atoms with Gasteiger partial charge in [-0.25, -0.2) is 4.39 Å². The van der Waals surface area contributed by atoms with Crippen LogP contribution in [0.25, 0.3) is 0 Å². The predicted octanol–water partition coefficient (Wildman–Crippen LogP) is 1.74. The zero-order chi connectivity index (χ0) is 18.1. The van der Waals surface area contributed by atoms with Crippen LogP contribution in [0.4, 0.5) is 4.39 Å². The second-order valence-electron chi connectivity index (χ2n) is 7.90. The van der Waals surface area contributed by atoms with E-state index in [1.165, 1.54) is 12.1 Å². The molecular weight excluding hydrogens is 335 g/mol. The maximum absolute atomic E-state index is 13.1. The van der Waals surface area contributed by atoms with Gasteiger partial charge in [0.05, 0.1) is 17.4 Å². The third kappa shape index (κ3) is 2.17. The van der Waals surface area contributed by atoms with Crippen LogP contribution >= 0.6 is 0 Å². The van der Waals surface area contributed by atoms with E-state index in [0.717, 1.165) is 29.7 Å². The number of likely N-dealkylation sites (tertiary alicyclic amines) is 1. The van der Waals surface area contributed by atoms with Gasteiger partial charge in [-0.3, -0.25) is 19.3 Å². The summed E-state index contributed by atoms with van der Waals surface area (Å²) in [6.45, 7) is -0.229. The Morgan fingerprint density at radius 3 is 2.19 bits per heavy atom. The molecule has 4 atom stereocenters. The number of fused-ring (bicyclic) bond motifs is 5. The molecule has 1 N–H and O–H groups in total. The summed E-state index contributed by atoms with van der Waals surface area (Å²) in [5.74, 6) is -1.36. The number of hydrogen-bond acceptors (Lipinski definition) is 3. The largest absolute Gasteiger partial charge is 0.345 e. The molecule has 134 valence electrons. The van der Waals surface area contributed by atoms with Crippen molar-refractivity contribution in [2.24, 2.45) is 23.7 Å². The molecule has 4 unspecified atom stereocenters. The van der Waals surface area contributed by atoms with Crippen LogP contribution in [0, 0.1) is 29.5 Å². The smallest absolute Gasteiger partial charge is 0.240 e. The Labute approximate surface area is 150 Å². The number of imide groups is 1. The normalized spacial score (nSPS) is 32.9. The summed E-state index contributed by atoms with van der Waals surface area (Å²) >= 11 is 0. The van der Waals surface area contributed by atoms with Gasteiger partial charge in [0, 0.05) is 0 Å². The van der Waals surface area contributed by atoms with E-state index in [0.29, 0.717) is 0 Å². The Morgan fingerprint density at radius 1 is 1.08 bits per heavy atom. The molecular formula is C20H19FN2O3. The van der Waals surface area contributed by atoms with Gasteiger partial charge < -0.3 is 5.32 Å². The van der Waals surface area contributed by atoms with Gasteiger partial charge in [0.2, 0.25) is 17.7 Å². The molecule has 5 rings (SSSR count). The average molecular weight is 354 g/mol. The predicted molar refractivity (Wildman–Crippen MR) is 89.9 cm³/mol. The van der Waals surface area contributed by atoms with Crippen LogP contribution in [-0.2, 0) is 19.9 Å². The summed E-state index contributed by atoms with van der Waals surface area (Å²) in [6.07, 6.45) is 6.49. The minimum Gasteiger partial charge on any atom is -0.345 e. The maximum Gasteiger partial charge on any atom is 0.240 e. The van der Waals surface area contributed by atoms with Gasteiger partial charge in [-0.1, -0.05) is 24.3 Å². The Bertz CT molecular complexity index is 813. The molecule has 2 bridgehead atoms. The SMILES string of the molecule is O=C(CN1C(=O)C2C3C=CC(C3)C2C1=O)NC1(c2ccc(F)cc2)CC1. The first kappa shape index (κ1) is 15.7. The Kier molecular flexibility index (Phi) is 3.18. The molecule has 1 saturated heterocycles. The number of allylic oxidation sites excluding steroid dienone is 2. The standard InChI is InChI=1S/C20H19FN2O3/c21-14-5-3-13(4-6-14)20(7-8-20)22-15(24)10-23-18(25)16-11-1-2-12(9-11)17(16)19(23)26/h1-6,11-12,16-17H,7-10H2,(H,22,24). The summed E-state index contributed by atoms with van der Waals surface area (Å²) in [6, 6.07) is 6.09. The van der Waals surface area contributed by atoms with E-state index in [9.17, 15) is 18.8 Å². The molecule has 1 aromatic carbocycles. The van der Waals surface area contributed by atoms with Crippen molar-refractivity contribution in [2.45, 2.75) is 24.8 Å². The topological polar surface area (TPSA) is 66.5 Å². The van der Waals surface area contributed by atoms with Crippen LogP contribution < -0.4 is 5.32 Å². The highest BCUT2D eigenvalue weighted by atomic mass is 19.1. The lowest BCUT2D eigenvalue weighted by molar-refractivity contribution is -0.144. The third-order valence-electron chi connectivity index (χ3n) is 6.39. The molecule has 1 aliphatic heterocycles. The van der Waals surface area contributed by atoms with E-state index in [1.54, 1.807) is 12.1 Å². The van der Waals surface area contributed by atoms with Crippen molar-refractivity contribution in [3.8, 4) is 0 Å². The Hall–Kier alpha value is -2.50. The minimum absolute atomic E-state index is 0.142. The minimum atomic E-state index is -0.493. The molecule has 3 aliphatic carbocycles. The summed E-state index contributed by atoms with van der Waals surface area (Å²) in [4.78, 5) is 39.0. The molecule has 3 fully saturated rings. The quantitative estimate of drug-likeness (QED) is 0.662. The van der Waals surface area contributed by atoms with E-state index in [4.69, 9.17) is 0 Å². The number of hydrogen-bond donors (Lipinski definition) is 1. The number of amides is 3. The van der Waals surface area contributed by atoms with Crippen LogP contribution in [0.3, 0.4) is 0 Å². The Balaban J connectivity index is 1.29. The van der Waals surface area contributed by atoms with Crippen LogP contribution in [-0.4, -0.2) is 29.2 Å². The molecule has 26 heavy (non-hydrogen) atoms. The number of nitrogens with zero attached hydrogens (tertiary/aromatic N) is 1. The van der Waals surface area contributed by atoms with Crippen molar-refractivity contribution in [3.63, 3.8) is 0 Å². The van der Waals surface area contributed by atoms with Gasteiger partial charge in [-0.05, 0) is 48.8 Å². The highest BCUT2D eigenvalue weighted by Crippen LogP contribution is 2.52. The third-order valence-corrected chi connectivity index (χ3v) is 6.39. The zero-order valence-electron chi connectivity index (χ0n) is 14.2. The van der Waals surface area contributed by atoms with E-state index in [1.807, 2.05) is 12.2 Å². The van der Waals surface area contributed by atoms with E-state index in [-0.39, 0.29) is 53.8 Å². The lowest BCUT2D eigenvalue weighted by atomic mass is 9.85. The lowest BCUT2D eigenvalue weighted by Crippen LogP contribution is -2.45. The zero-order valence-corrected chi connectivity index (χ0v) is 14.2. The summed E-state index contributed by atoms with van der Waals surface area (Å²) in [5.41, 5.74) is 0.359. The van der Waals surface area contributed by atoms with Crippen LogP contribution in [0.15, 0.2) is 36.4 Å². The fourth-order valence-electron chi connectivity index (χ4n) is 4.95. The van der Waals surface area contributed by atoms with Crippen LogP contribution in [0.5, 0.6) is 0 Å². The second kappa shape index (κ2) is 5.25. The van der Waals surface area contributed by atoms with Crippen molar-refractivity contribution in [1.29, 1.82) is 0 Å². The number of halogens is 1. The molecule has 6 heteroatoms. The molecule has 1 heterocycles. The number of rotatable bonds is 4. The number of carbonyl (C=O) groups is 3. The monoisotopic (exact) mass is 354 g/mol. The number of nitrogens with one attached hydrogen (secondary N) is 1. The number of carbonyl (C=O) groups excluding carboxylic acids is 3. The van der Waals surface area contributed by atoms with Crippen molar-refractivity contribution in [3.05, 3.63) is 47.8 Å². The van der Waals surface area contributed by atoms with Crippen LogP contribution in [0.2, 0.25) is 0 Å². The Morgan fingerprint density at radius 2 is 1.65 bits per heavy atom. The number of benzene rings is 1. The van der Waals surface area contributed by atoms with E-state index in [2.05, 4.69) is 5.32 Å². The van der Waals surface area contributed by atoms with E-state index < -0.39 is 5.54 Å². The molecule has 0 radical (unpaired) electrons. The van der Waals surface area contributed by atoms with Crippen molar-refractivity contribution < 1.29 is 18.8 Å². The first-order chi connectivity index (χ1) is 12.5. The first-order valence-corrected chi connectivity index (χ1v) is 9.09. The van der Waals surface area contributed by atoms with E-state index >= 15 is 0 Å². The van der Waals surface area contributed by atoms with Gasteiger partial charge >= 0.3 is 0 Å². The first-order valence-electron chi connectivity index (χ1n) is 9.09. The van der Waals surface area contributed by atoms with Crippen molar-refractivity contribution in [1.82, 2.24) is 10.2 Å². The summed E-state index contributed by atoms with van der Waals surface area (Å²) in [5, 5.41) is 2.95. The molecule has 0 aromatic heterocycles. The summed E-state index contributed by atoms with van der Waals surface area (Å²) < 4.78 is 13.1. The lowest BCUT2D eigenvalue weighted by Gasteiger charge is -2.21.